The maximum Gasteiger partial charge on any atom is 0.255 e. The fraction of sp³-hybridized carbons (Fsp3) is 0.158. The van der Waals surface area contributed by atoms with Crippen LogP contribution in [-0.2, 0) is 7.05 Å². The lowest BCUT2D eigenvalue weighted by Crippen LogP contribution is -2.11. The highest BCUT2D eigenvalue weighted by atomic mass is 32.2. The quantitative estimate of drug-likeness (QED) is 0.612. The van der Waals surface area contributed by atoms with Gasteiger partial charge in [-0.3, -0.25) is 9.48 Å². The highest BCUT2D eigenvalue weighted by Gasteiger charge is 2.08. The Morgan fingerprint density at radius 3 is 2.69 bits per heavy atom. The van der Waals surface area contributed by atoms with E-state index in [9.17, 15) is 4.79 Å². The normalized spacial score (nSPS) is 10.4. The molecule has 3 aromatic rings. The van der Waals surface area contributed by atoms with E-state index in [1.54, 1.807) is 30.2 Å². The van der Waals surface area contributed by atoms with Crippen LogP contribution in [0.1, 0.15) is 17.3 Å². The van der Waals surface area contributed by atoms with Crippen LogP contribution in [0.25, 0.3) is 0 Å². The van der Waals surface area contributed by atoms with Gasteiger partial charge < -0.3 is 14.8 Å². The number of rotatable bonds is 7. The van der Waals surface area contributed by atoms with E-state index in [2.05, 4.69) is 15.1 Å². The van der Waals surface area contributed by atoms with Gasteiger partial charge in [0.15, 0.2) is 0 Å². The summed E-state index contributed by atoms with van der Waals surface area (Å²) in [6.07, 6.45) is 3.36. The molecule has 0 unspecified atom stereocenters. The molecule has 0 fully saturated rings. The number of hydrogen-bond donors (Lipinski definition) is 2. The molecule has 2 N–H and O–H groups in total. The van der Waals surface area contributed by atoms with Crippen LogP contribution < -0.4 is 14.8 Å². The molecule has 0 saturated heterocycles. The van der Waals surface area contributed by atoms with Crippen molar-refractivity contribution in [3.05, 3.63) is 66.5 Å². The van der Waals surface area contributed by atoms with Gasteiger partial charge in [-0.15, -0.1) is 0 Å². The lowest BCUT2D eigenvalue weighted by Gasteiger charge is -2.08. The predicted octanol–water partition coefficient (Wildman–Crippen LogP) is 4.19. The molecule has 0 radical (unpaired) electrons. The van der Waals surface area contributed by atoms with Crippen molar-refractivity contribution in [2.45, 2.75) is 11.8 Å². The lowest BCUT2D eigenvalue weighted by molar-refractivity contribution is 0.102. The number of benzene rings is 2. The summed E-state index contributed by atoms with van der Waals surface area (Å²) < 4.78 is 10.3. The van der Waals surface area contributed by atoms with E-state index in [4.69, 9.17) is 4.74 Å². The number of hydrogen-bond acceptors (Lipinski definition) is 5. The van der Waals surface area contributed by atoms with Crippen molar-refractivity contribution in [3.63, 3.8) is 0 Å². The molecule has 0 spiro atoms. The minimum atomic E-state index is -0.173. The number of anilines is 2. The van der Waals surface area contributed by atoms with Gasteiger partial charge in [0.2, 0.25) is 0 Å². The third kappa shape index (κ3) is 4.80. The van der Waals surface area contributed by atoms with Crippen LogP contribution in [0, 0.1) is 0 Å². The minimum absolute atomic E-state index is 0.173. The summed E-state index contributed by atoms with van der Waals surface area (Å²) >= 11 is 1.48. The summed E-state index contributed by atoms with van der Waals surface area (Å²) in [5, 5.41) is 6.87. The monoisotopic (exact) mass is 368 g/mol. The summed E-state index contributed by atoms with van der Waals surface area (Å²) in [6, 6.07) is 15.2. The molecule has 134 valence electrons. The molecule has 0 bridgehead atoms. The molecule has 0 aliphatic heterocycles. The number of carbonyl (C=O) groups excluding carboxylic acids is 1. The van der Waals surface area contributed by atoms with Gasteiger partial charge in [-0.25, -0.2) is 0 Å². The van der Waals surface area contributed by atoms with Crippen LogP contribution in [0.15, 0.2) is 65.8 Å². The average molecular weight is 368 g/mol. The highest BCUT2D eigenvalue weighted by molar-refractivity contribution is 8.00. The zero-order valence-electron chi connectivity index (χ0n) is 14.6. The van der Waals surface area contributed by atoms with E-state index in [0.29, 0.717) is 17.9 Å². The lowest BCUT2D eigenvalue weighted by atomic mass is 10.2. The number of carbonyl (C=O) groups is 1. The maximum atomic E-state index is 12.4. The Bertz CT molecular complexity index is 877. The predicted molar refractivity (Wildman–Crippen MR) is 105 cm³/mol. The summed E-state index contributed by atoms with van der Waals surface area (Å²) in [5.74, 6) is 0.679. The topological polar surface area (TPSA) is 68.2 Å². The van der Waals surface area contributed by atoms with Gasteiger partial charge in [0.1, 0.15) is 5.75 Å². The zero-order valence-corrected chi connectivity index (χ0v) is 15.4. The maximum absolute atomic E-state index is 12.4. The molecule has 0 saturated carbocycles. The summed E-state index contributed by atoms with van der Waals surface area (Å²) in [7, 11) is 1.80. The molecule has 0 aliphatic carbocycles. The largest absolute Gasteiger partial charge is 0.494 e. The summed E-state index contributed by atoms with van der Waals surface area (Å²) in [4.78, 5) is 13.4. The van der Waals surface area contributed by atoms with E-state index in [1.807, 2.05) is 49.4 Å². The Morgan fingerprint density at radius 1 is 1.19 bits per heavy atom. The standard InChI is InChI=1S/C19H20N4O2S/c1-3-25-17-7-9-18(10-8-17)26-22-15-6-4-5-14(11-15)19(24)21-16-12-20-23(2)13-16/h4-13,22H,3H2,1-2H3,(H,21,24). The van der Waals surface area contributed by atoms with Crippen LogP contribution >= 0.6 is 11.9 Å². The van der Waals surface area contributed by atoms with Gasteiger partial charge in [-0.05, 0) is 61.3 Å². The van der Waals surface area contributed by atoms with Gasteiger partial charge in [-0.2, -0.15) is 5.10 Å². The SMILES string of the molecule is CCOc1ccc(SNc2cccc(C(=O)Nc3cnn(C)c3)c2)cc1. The molecule has 1 aromatic heterocycles. The van der Waals surface area contributed by atoms with Crippen molar-refractivity contribution in [1.29, 1.82) is 0 Å². The molecule has 0 aliphatic rings. The molecule has 0 atom stereocenters. The highest BCUT2D eigenvalue weighted by Crippen LogP contribution is 2.24. The molecule has 7 heteroatoms. The Labute approximate surface area is 156 Å². The van der Waals surface area contributed by atoms with Gasteiger partial charge in [0.05, 0.1) is 18.5 Å². The number of ether oxygens (including phenoxy) is 1. The first-order chi connectivity index (χ1) is 12.6. The molecular formula is C19H20N4O2S. The van der Waals surface area contributed by atoms with Crippen LogP contribution in [0.5, 0.6) is 5.75 Å². The van der Waals surface area contributed by atoms with Crippen LogP contribution in [0.4, 0.5) is 11.4 Å². The Morgan fingerprint density at radius 2 is 2.00 bits per heavy atom. The second-order valence-electron chi connectivity index (χ2n) is 5.55. The molecular weight excluding hydrogens is 348 g/mol. The molecule has 1 amide bonds. The van der Waals surface area contributed by atoms with Crippen molar-refractivity contribution in [3.8, 4) is 5.75 Å². The van der Waals surface area contributed by atoms with Crippen molar-refractivity contribution in [1.82, 2.24) is 9.78 Å². The molecule has 1 heterocycles. The van der Waals surface area contributed by atoms with Gasteiger partial charge in [-0.1, -0.05) is 6.07 Å². The number of aromatic nitrogens is 2. The van der Waals surface area contributed by atoms with Crippen LogP contribution in [0.2, 0.25) is 0 Å². The molecule has 3 rings (SSSR count). The van der Waals surface area contributed by atoms with E-state index in [0.717, 1.165) is 16.3 Å². The fourth-order valence-corrected chi connectivity index (χ4v) is 2.94. The average Bonchev–Trinajstić information content (AvgIpc) is 3.06. The van der Waals surface area contributed by atoms with E-state index in [-0.39, 0.29) is 5.91 Å². The van der Waals surface area contributed by atoms with Crippen molar-refractivity contribution < 1.29 is 9.53 Å². The minimum Gasteiger partial charge on any atom is -0.494 e. The second-order valence-corrected chi connectivity index (χ2v) is 6.43. The van der Waals surface area contributed by atoms with Gasteiger partial charge in [0.25, 0.3) is 5.91 Å². The Kier molecular flexibility index (Phi) is 5.80. The first-order valence-corrected chi connectivity index (χ1v) is 9.01. The number of nitrogens with one attached hydrogen (secondary N) is 2. The van der Waals surface area contributed by atoms with E-state index in [1.165, 1.54) is 11.9 Å². The summed E-state index contributed by atoms with van der Waals surface area (Å²) in [6.45, 7) is 2.61. The number of nitrogens with zero attached hydrogens (tertiary/aromatic N) is 2. The van der Waals surface area contributed by atoms with Gasteiger partial charge >= 0.3 is 0 Å². The zero-order chi connectivity index (χ0) is 18.4. The first-order valence-electron chi connectivity index (χ1n) is 8.20. The Hall–Kier alpha value is -2.93. The van der Waals surface area contributed by atoms with Gasteiger partial charge in [0, 0.05) is 29.4 Å². The van der Waals surface area contributed by atoms with Crippen LogP contribution in [0.3, 0.4) is 0 Å². The second kappa shape index (κ2) is 8.44. The molecule has 2 aromatic carbocycles. The third-order valence-electron chi connectivity index (χ3n) is 3.51. The van der Waals surface area contributed by atoms with Crippen LogP contribution in [-0.4, -0.2) is 22.3 Å². The van der Waals surface area contributed by atoms with E-state index < -0.39 is 0 Å². The fourth-order valence-electron chi connectivity index (χ4n) is 2.30. The van der Waals surface area contributed by atoms with Crippen molar-refractivity contribution in [2.24, 2.45) is 7.05 Å². The molecule has 26 heavy (non-hydrogen) atoms. The third-order valence-corrected chi connectivity index (χ3v) is 4.35. The summed E-state index contributed by atoms with van der Waals surface area (Å²) in [5.41, 5.74) is 2.09. The van der Waals surface area contributed by atoms with Crippen molar-refractivity contribution in [2.75, 3.05) is 16.6 Å². The van der Waals surface area contributed by atoms with E-state index >= 15 is 0 Å². The number of amides is 1. The Balaban J connectivity index is 1.60. The molecule has 6 nitrogen and oxygen atoms in total. The smallest absolute Gasteiger partial charge is 0.255 e. The first kappa shape index (κ1) is 17.9. The number of aryl methyl sites for hydroxylation is 1. The van der Waals surface area contributed by atoms with Crippen molar-refractivity contribution >= 4 is 29.2 Å².